The van der Waals surface area contributed by atoms with Crippen LogP contribution in [0.15, 0.2) is 79.3 Å². The Bertz CT molecular complexity index is 2530. The summed E-state index contributed by atoms with van der Waals surface area (Å²) in [6.45, 7) is 5.04. The van der Waals surface area contributed by atoms with Gasteiger partial charge in [0.15, 0.2) is 5.82 Å². The first-order valence-corrected chi connectivity index (χ1v) is 22.1. The molecule has 3 unspecified atom stereocenters. The summed E-state index contributed by atoms with van der Waals surface area (Å²) in [5.41, 5.74) is 12.9. The van der Waals surface area contributed by atoms with Crippen LogP contribution in [0.25, 0.3) is 22.3 Å². The van der Waals surface area contributed by atoms with E-state index in [-0.39, 0.29) is 23.6 Å². The Morgan fingerprint density at radius 1 is 1.00 bits per heavy atom. The summed E-state index contributed by atoms with van der Waals surface area (Å²) in [5.74, 6) is 1.24. The lowest BCUT2D eigenvalue weighted by Crippen LogP contribution is -2.51. The van der Waals surface area contributed by atoms with Crippen LogP contribution in [0.1, 0.15) is 99.0 Å². The fourth-order valence-electron chi connectivity index (χ4n) is 10.1. The van der Waals surface area contributed by atoms with E-state index in [0.717, 1.165) is 79.8 Å². The number of aromatic nitrogens is 4. The number of rotatable bonds is 9. The van der Waals surface area contributed by atoms with Crippen molar-refractivity contribution in [2.45, 2.75) is 81.8 Å². The summed E-state index contributed by atoms with van der Waals surface area (Å²) >= 11 is 0. The van der Waals surface area contributed by atoms with Gasteiger partial charge in [0.25, 0.3) is 5.91 Å². The minimum atomic E-state index is -1.34. The molecule has 1 aliphatic carbocycles. The summed E-state index contributed by atoms with van der Waals surface area (Å²) in [4.78, 5) is 27.0. The van der Waals surface area contributed by atoms with Crippen LogP contribution >= 0.6 is 0 Å². The number of anilines is 3. The van der Waals surface area contributed by atoms with Crippen molar-refractivity contribution < 1.29 is 17.0 Å². The molecule has 10 rings (SSSR count). The van der Waals surface area contributed by atoms with Gasteiger partial charge in [-0.3, -0.25) is 10.1 Å². The molecule has 0 radical (unpaired) electrons. The molecule has 0 spiro atoms. The Balaban J connectivity index is 0.740. The second-order valence-electron chi connectivity index (χ2n) is 17.9. The van der Waals surface area contributed by atoms with E-state index in [0.29, 0.717) is 61.0 Å². The third kappa shape index (κ3) is 8.05. The highest BCUT2D eigenvalue weighted by Gasteiger charge is 2.39. The quantitative estimate of drug-likeness (QED) is 0.137. The van der Waals surface area contributed by atoms with Crippen molar-refractivity contribution in [3.05, 3.63) is 102 Å². The van der Waals surface area contributed by atoms with Crippen LogP contribution in [0.4, 0.5) is 21.6 Å². The molecule has 13 heteroatoms. The van der Waals surface area contributed by atoms with Gasteiger partial charge in [-0.1, -0.05) is 30.3 Å². The Kier molecular flexibility index (Phi) is 10.0. The lowest BCUT2D eigenvalue weighted by Gasteiger charge is -2.41. The number of para-hydroxylation sites is 1. The number of likely N-dealkylation sites (tertiary alicyclic amines) is 2. The summed E-state index contributed by atoms with van der Waals surface area (Å²) in [7, 11) is 0. The Labute approximate surface area is 360 Å². The fraction of sp³-hybridized carbons (Fsp3) is 0.458. The first-order chi connectivity index (χ1) is 30.5. The van der Waals surface area contributed by atoms with E-state index < -0.39 is 18.8 Å². The van der Waals surface area contributed by atoms with Crippen molar-refractivity contribution in [3.63, 3.8) is 0 Å². The standard InChI is InChI=1S/C48H57FN10O2/c1-32-24-34(35-6-4-18-57(28-35)43-26-42(53-54-45(43)50)39-7-2-3-8-44(39)60)11-12-38(32)47(61)56-22-15-48(49,16-23-56)30-55-20-13-36(14-21-55)59-29-41(33-9-10-33)40-25-37(27-52-46(40)59)58-19-5-17-51-31-58/h2-3,5,7-8,11-12,19,24-27,29,33,35-36,51,60H,4,6,9-10,13-18,20-23,28,30-31H2,1H3,(H2,50,54)/i17D,31D. The number of hydrogen-bond acceptors (Lipinski definition) is 10. The van der Waals surface area contributed by atoms with E-state index in [4.69, 9.17) is 13.5 Å². The van der Waals surface area contributed by atoms with Crippen LogP contribution in [-0.2, 0) is 0 Å². The average Bonchev–Trinajstić information content (AvgIpc) is 4.07. The molecule has 318 valence electrons. The van der Waals surface area contributed by atoms with Crippen LogP contribution < -0.4 is 20.9 Å². The predicted octanol–water partition coefficient (Wildman–Crippen LogP) is 7.51. The first-order valence-electron chi connectivity index (χ1n) is 23.2. The zero-order valence-electron chi connectivity index (χ0n) is 36.9. The molecule has 3 atom stereocenters. The third-order valence-electron chi connectivity index (χ3n) is 13.8. The first kappa shape index (κ1) is 37.2. The Morgan fingerprint density at radius 2 is 1.82 bits per heavy atom. The molecule has 4 fully saturated rings. The van der Waals surface area contributed by atoms with E-state index >= 15 is 4.39 Å². The van der Waals surface area contributed by atoms with Gasteiger partial charge in [0.05, 0.1) is 31.3 Å². The van der Waals surface area contributed by atoms with Gasteiger partial charge < -0.3 is 35.0 Å². The van der Waals surface area contributed by atoms with Gasteiger partial charge in [-0.2, -0.15) is 0 Å². The molecule has 7 heterocycles. The number of nitrogens with zero attached hydrogens (tertiary/aromatic N) is 8. The van der Waals surface area contributed by atoms with Crippen LogP contribution in [-0.4, -0.2) is 105 Å². The largest absolute Gasteiger partial charge is 0.507 e. The number of amides is 1. The second kappa shape index (κ2) is 16.4. The predicted molar refractivity (Wildman–Crippen MR) is 239 cm³/mol. The number of piperidine rings is 3. The van der Waals surface area contributed by atoms with Gasteiger partial charge in [0, 0.05) is 107 Å². The highest BCUT2D eigenvalue weighted by Crippen LogP contribution is 2.46. The maximum Gasteiger partial charge on any atom is 0.254 e. The number of pyridine rings is 1. The molecule has 3 aromatic heterocycles. The van der Waals surface area contributed by atoms with E-state index in [1.807, 2.05) is 47.2 Å². The van der Waals surface area contributed by atoms with Gasteiger partial charge in [0.2, 0.25) is 0 Å². The van der Waals surface area contributed by atoms with Crippen molar-refractivity contribution in [2.75, 3.05) is 74.5 Å². The van der Waals surface area contributed by atoms with Gasteiger partial charge in [0.1, 0.15) is 17.1 Å². The summed E-state index contributed by atoms with van der Waals surface area (Å²) in [6, 6.07) is 17.6. The number of nitrogen functional groups attached to an aromatic ring is 1. The van der Waals surface area contributed by atoms with Crippen molar-refractivity contribution in [1.29, 1.82) is 0 Å². The van der Waals surface area contributed by atoms with E-state index in [1.54, 1.807) is 24.4 Å². The molecule has 5 aliphatic rings. The van der Waals surface area contributed by atoms with Gasteiger partial charge in [-0.15, -0.1) is 10.2 Å². The van der Waals surface area contributed by atoms with Gasteiger partial charge in [-0.05, 0) is 98.4 Å². The molecule has 1 amide bonds. The van der Waals surface area contributed by atoms with Crippen LogP contribution in [0.2, 0.25) is 0 Å². The number of hydrogen-bond donors (Lipinski definition) is 3. The fourth-order valence-corrected chi connectivity index (χ4v) is 10.1. The molecule has 2 aromatic carbocycles. The Hall–Kier alpha value is -5.53. The molecular formula is C48H57FN10O2. The SMILES string of the molecule is [2H]C1C=CN(c2cnc3c(c2)c(C2CC2)cn3C2CCN(CC3(F)CCN(C(=O)c4ccc(C5CCCN(c6cc(-c7ccccc7O)nnc6N)C5)cc4C)CC3)CC2)C([2H])N1. The molecular weight excluding hydrogens is 768 g/mol. The van der Waals surface area contributed by atoms with Crippen molar-refractivity contribution in [2.24, 2.45) is 0 Å². The lowest BCUT2D eigenvalue weighted by molar-refractivity contribution is 0.0158. The van der Waals surface area contributed by atoms with E-state index in [9.17, 15) is 9.90 Å². The smallest absolute Gasteiger partial charge is 0.254 e. The zero-order chi connectivity index (χ0) is 43.4. The summed E-state index contributed by atoms with van der Waals surface area (Å²) in [6.07, 6.45) is 14.5. The number of fused-ring (bicyclic) bond motifs is 1. The minimum absolute atomic E-state index is 0.0326. The van der Waals surface area contributed by atoms with Crippen molar-refractivity contribution in [3.8, 4) is 17.0 Å². The minimum Gasteiger partial charge on any atom is -0.507 e. The number of halogens is 1. The highest BCUT2D eigenvalue weighted by molar-refractivity contribution is 5.96. The van der Waals surface area contributed by atoms with Crippen LogP contribution in [0, 0.1) is 6.92 Å². The second-order valence-corrected chi connectivity index (χ2v) is 17.9. The average molecular weight is 827 g/mol. The number of nitrogens with two attached hydrogens (primary N) is 1. The highest BCUT2D eigenvalue weighted by atomic mass is 19.1. The number of phenols is 1. The number of carbonyl (C=O) groups is 1. The van der Waals surface area contributed by atoms with Crippen LogP contribution in [0.5, 0.6) is 5.75 Å². The normalized spacial score (nSPS) is 24.2. The lowest BCUT2D eigenvalue weighted by atomic mass is 9.88. The molecule has 3 saturated heterocycles. The number of benzene rings is 2. The molecule has 61 heavy (non-hydrogen) atoms. The number of aryl methyl sites for hydroxylation is 1. The molecule has 1 saturated carbocycles. The van der Waals surface area contributed by atoms with Gasteiger partial charge >= 0.3 is 0 Å². The van der Waals surface area contributed by atoms with Crippen molar-refractivity contribution in [1.82, 2.24) is 34.9 Å². The maximum absolute atomic E-state index is 16.5. The molecule has 0 bridgehead atoms. The Morgan fingerprint density at radius 3 is 2.59 bits per heavy atom. The molecule has 4 aliphatic heterocycles. The van der Waals surface area contributed by atoms with Gasteiger partial charge in [-0.25, -0.2) is 9.37 Å². The molecule has 4 N–H and O–H groups in total. The van der Waals surface area contributed by atoms with E-state index in [1.165, 1.54) is 24.0 Å². The monoisotopic (exact) mass is 826 g/mol. The number of nitrogens with one attached hydrogen (secondary N) is 1. The topological polar surface area (TPSA) is 132 Å². The number of alkyl halides is 1. The number of aromatic hydroxyl groups is 1. The summed E-state index contributed by atoms with van der Waals surface area (Å²) < 4.78 is 35.3. The number of phenolic OH excluding ortho intramolecular Hbond substituents is 1. The van der Waals surface area contributed by atoms with E-state index in [2.05, 4.69) is 54.3 Å². The third-order valence-corrected chi connectivity index (χ3v) is 13.8. The zero-order valence-corrected chi connectivity index (χ0v) is 34.9. The molecule has 12 nitrogen and oxygen atoms in total. The maximum atomic E-state index is 16.5. The number of carbonyl (C=O) groups excluding carboxylic acids is 1. The summed E-state index contributed by atoms with van der Waals surface area (Å²) in [5, 5.41) is 23.0. The molecule has 5 aromatic rings. The van der Waals surface area contributed by atoms with Crippen LogP contribution in [0.3, 0.4) is 0 Å². The van der Waals surface area contributed by atoms with Crippen molar-refractivity contribution >= 4 is 34.1 Å².